The molecule has 0 aliphatic rings. The molecular weight excluding hydrogens is 218 g/mol. The highest BCUT2D eigenvalue weighted by molar-refractivity contribution is 5.87. The number of rotatable bonds is 5. The fourth-order valence-electron chi connectivity index (χ4n) is 1.07. The molecule has 0 amide bonds. The van der Waals surface area contributed by atoms with Crippen molar-refractivity contribution in [1.82, 2.24) is 0 Å². The average molecular weight is 230 g/mol. The van der Waals surface area contributed by atoms with E-state index in [4.69, 9.17) is 9.84 Å². The van der Waals surface area contributed by atoms with Gasteiger partial charge in [0.25, 0.3) is 0 Å². The summed E-state index contributed by atoms with van der Waals surface area (Å²) in [5.41, 5.74) is 0.0701. The minimum absolute atomic E-state index is 0.0701. The molecule has 5 heteroatoms. The minimum atomic E-state index is -2.77. The van der Waals surface area contributed by atoms with Crippen LogP contribution in [0.3, 0.4) is 0 Å². The number of carboxylic acid groups (broad SMARTS) is 1. The van der Waals surface area contributed by atoms with Gasteiger partial charge in [-0.3, -0.25) is 0 Å². The van der Waals surface area contributed by atoms with E-state index in [2.05, 4.69) is 0 Å². The van der Waals surface area contributed by atoms with Crippen LogP contribution in [0.1, 0.15) is 23.7 Å². The van der Waals surface area contributed by atoms with Gasteiger partial charge in [0.05, 0.1) is 12.2 Å². The number of hydrogen-bond acceptors (Lipinski definition) is 2. The van der Waals surface area contributed by atoms with Crippen molar-refractivity contribution < 1.29 is 23.4 Å². The Labute approximate surface area is 91.7 Å². The summed E-state index contributed by atoms with van der Waals surface area (Å²) in [7, 11) is 0. The van der Waals surface area contributed by atoms with Crippen molar-refractivity contribution in [2.24, 2.45) is 0 Å². The van der Waals surface area contributed by atoms with Crippen LogP contribution in [-0.4, -0.2) is 23.6 Å². The summed E-state index contributed by atoms with van der Waals surface area (Å²) in [4.78, 5) is 10.6. The molecule has 1 N–H and O–H groups in total. The van der Waals surface area contributed by atoms with E-state index in [1.165, 1.54) is 24.3 Å². The van der Waals surface area contributed by atoms with E-state index in [9.17, 15) is 13.6 Å². The molecule has 0 aromatic heterocycles. The summed E-state index contributed by atoms with van der Waals surface area (Å²) in [6.45, 7) is 0.663. The Morgan fingerprint density at radius 1 is 1.50 bits per heavy atom. The zero-order valence-electron chi connectivity index (χ0n) is 8.74. The van der Waals surface area contributed by atoms with Crippen LogP contribution in [0.25, 0.3) is 0 Å². The van der Waals surface area contributed by atoms with Gasteiger partial charge in [-0.2, -0.15) is 0 Å². The second kappa shape index (κ2) is 4.92. The third-order valence-electron chi connectivity index (χ3n) is 1.89. The van der Waals surface area contributed by atoms with E-state index in [1.54, 1.807) is 0 Å². The number of aromatic carboxylic acids is 1. The second-order valence-electron chi connectivity index (χ2n) is 3.50. The Morgan fingerprint density at radius 3 is 2.75 bits per heavy atom. The molecule has 1 aromatic carbocycles. The van der Waals surface area contributed by atoms with Crippen LogP contribution in [0, 0.1) is 0 Å². The number of carboxylic acids is 1. The first-order valence-electron chi connectivity index (χ1n) is 4.72. The number of hydrogen-bond donors (Lipinski definition) is 1. The lowest BCUT2D eigenvalue weighted by molar-refractivity contribution is 0.000820. The summed E-state index contributed by atoms with van der Waals surface area (Å²) in [6.07, 6.45) is -0.399. The molecule has 0 aliphatic heterocycles. The van der Waals surface area contributed by atoms with Gasteiger partial charge in [0.1, 0.15) is 5.75 Å². The van der Waals surface area contributed by atoms with E-state index in [0.29, 0.717) is 0 Å². The van der Waals surface area contributed by atoms with Crippen LogP contribution in [0.4, 0.5) is 8.78 Å². The fraction of sp³-hybridized carbons (Fsp3) is 0.364. The lowest BCUT2D eigenvalue weighted by Gasteiger charge is -2.11. The number of alkyl halides is 2. The minimum Gasteiger partial charge on any atom is -0.493 e. The SMILES string of the molecule is CC(F)(F)CCOc1cccc(C(=O)O)c1. The molecule has 0 spiro atoms. The average Bonchev–Trinajstić information content (AvgIpc) is 2.16. The van der Waals surface area contributed by atoms with Gasteiger partial charge in [-0.25, -0.2) is 13.6 Å². The normalized spacial score (nSPS) is 11.2. The van der Waals surface area contributed by atoms with Crippen LogP contribution in [0.5, 0.6) is 5.75 Å². The van der Waals surface area contributed by atoms with E-state index in [1.807, 2.05) is 0 Å². The number of ether oxygens (including phenoxy) is 1. The maximum Gasteiger partial charge on any atom is 0.335 e. The Hall–Kier alpha value is -1.65. The molecule has 0 atom stereocenters. The van der Waals surface area contributed by atoms with Crippen molar-refractivity contribution in [3.8, 4) is 5.75 Å². The molecule has 1 aromatic rings. The van der Waals surface area contributed by atoms with Crippen LogP contribution in [0.15, 0.2) is 24.3 Å². The summed E-state index contributed by atoms with van der Waals surface area (Å²) in [5, 5.41) is 8.69. The van der Waals surface area contributed by atoms with Gasteiger partial charge in [-0.1, -0.05) is 6.07 Å². The highest BCUT2D eigenvalue weighted by atomic mass is 19.3. The molecular formula is C11H12F2O3. The lowest BCUT2D eigenvalue weighted by Crippen LogP contribution is -2.14. The molecule has 0 unspecified atom stereocenters. The molecule has 0 heterocycles. The van der Waals surface area contributed by atoms with Crippen molar-refractivity contribution >= 4 is 5.97 Å². The molecule has 0 bridgehead atoms. The van der Waals surface area contributed by atoms with Crippen LogP contribution < -0.4 is 4.74 Å². The Balaban J connectivity index is 2.55. The second-order valence-corrected chi connectivity index (χ2v) is 3.50. The van der Waals surface area contributed by atoms with Crippen molar-refractivity contribution in [2.45, 2.75) is 19.3 Å². The van der Waals surface area contributed by atoms with Gasteiger partial charge in [0, 0.05) is 6.42 Å². The van der Waals surface area contributed by atoms with Crippen LogP contribution in [-0.2, 0) is 0 Å². The van der Waals surface area contributed by atoms with Crippen molar-refractivity contribution in [3.05, 3.63) is 29.8 Å². The zero-order valence-corrected chi connectivity index (χ0v) is 8.74. The Kier molecular flexibility index (Phi) is 3.82. The first-order chi connectivity index (χ1) is 7.38. The maximum absolute atomic E-state index is 12.5. The smallest absolute Gasteiger partial charge is 0.335 e. The quantitative estimate of drug-likeness (QED) is 0.846. The number of benzene rings is 1. The molecule has 0 fully saturated rings. The number of halogens is 2. The Morgan fingerprint density at radius 2 is 2.19 bits per heavy atom. The standard InChI is InChI=1S/C11H12F2O3/c1-11(12,13)5-6-16-9-4-2-3-8(7-9)10(14)15/h2-4,7H,5-6H2,1H3,(H,14,15). The van der Waals surface area contributed by atoms with Gasteiger partial charge in [-0.05, 0) is 25.1 Å². The molecule has 0 aliphatic carbocycles. The van der Waals surface area contributed by atoms with Crippen molar-refractivity contribution in [3.63, 3.8) is 0 Å². The molecule has 88 valence electrons. The fourth-order valence-corrected chi connectivity index (χ4v) is 1.07. The monoisotopic (exact) mass is 230 g/mol. The highest BCUT2D eigenvalue weighted by Gasteiger charge is 2.20. The molecule has 16 heavy (non-hydrogen) atoms. The molecule has 0 radical (unpaired) electrons. The van der Waals surface area contributed by atoms with Crippen molar-refractivity contribution in [1.29, 1.82) is 0 Å². The zero-order chi connectivity index (χ0) is 12.2. The van der Waals surface area contributed by atoms with E-state index < -0.39 is 18.3 Å². The maximum atomic E-state index is 12.5. The summed E-state index contributed by atoms with van der Waals surface area (Å²) in [6, 6.07) is 5.74. The first-order valence-corrected chi connectivity index (χ1v) is 4.72. The predicted molar refractivity (Wildman–Crippen MR) is 54.1 cm³/mol. The summed E-state index contributed by atoms with van der Waals surface area (Å²) < 4.78 is 29.9. The largest absolute Gasteiger partial charge is 0.493 e. The van der Waals surface area contributed by atoms with Gasteiger partial charge in [0.2, 0.25) is 5.92 Å². The Bertz CT molecular complexity index is 372. The predicted octanol–water partition coefficient (Wildman–Crippen LogP) is 2.81. The van der Waals surface area contributed by atoms with E-state index >= 15 is 0 Å². The summed E-state index contributed by atoms with van der Waals surface area (Å²) in [5.74, 6) is -3.57. The summed E-state index contributed by atoms with van der Waals surface area (Å²) >= 11 is 0. The molecule has 3 nitrogen and oxygen atoms in total. The topological polar surface area (TPSA) is 46.5 Å². The van der Waals surface area contributed by atoms with Gasteiger partial charge < -0.3 is 9.84 Å². The third-order valence-corrected chi connectivity index (χ3v) is 1.89. The molecule has 0 saturated carbocycles. The van der Waals surface area contributed by atoms with Gasteiger partial charge >= 0.3 is 5.97 Å². The number of carbonyl (C=O) groups is 1. The van der Waals surface area contributed by atoms with Crippen LogP contribution in [0.2, 0.25) is 0 Å². The van der Waals surface area contributed by atoms with Crippen molar-refractivity contribution in [2.75, 3.05) is 6.61 Å². The molecule has 0 saturated heterocycles. The van der Waals surface area contributed by atoms with E-state index in [-0.39, 0.29) is 17.9 Å². The highest BCUT2D eigenvalue weighted by Crippen LogP contribution is 2.18. The van der Waals surface area contributed by atoms with E-state index in [0.717, 1.165) is 6.92 Å². The molecule has 1 rings (SSSR count). The van der Waals surface area contributed by atoms with Gasteiger partial charge in [0.15, 0.2) is 0 Å². The van der Waals surface area contributed by atoms with Crippen LogP contribution >= 0.6 is 0 Å². The first kappa shape index (κ1) is 12.4. The lowest BCUT2D eigenvalue weighted by atomic mass is 10.2. The third kappa shape index (κ3) is 4.25. The van der Waals surface area contributed by atoms with Gasteiger partial charge in [-0.15, -0.1) is 0 Å².